The number of nitrogens with zero attached hydrogens (tertiary/aromatic N) is 1. The molecule has 3 rings (SSSR count). The van der Waals surface area contributed by atoms with Gasteiger partial charge in [-0.2, -0.15) is 4.72 Å². The third-order valence-corrected chi connectivity index (χ3v) is 5.38. The predicted molar refractivity (Wildman–Crippen MR) is 95.9 cm³/mol. The van der Waals surface area contributed by atoms with E-state index in [4.69, 9.17) is 5.11 Å². The van der Waals surface area contributed by atoms with Gasteiger partial charge in [0.25, 0.3) is 0 Å². The first-order chi connectivity index (χ1) is 11.8. The van der Waals surface area contributed by atoms with Crippen molar-refractivity contribution in [2.75, 3.05) is 10.8 Å². The summed E-state index contributed by atoms with van der Waals surface area (Å²) in [7, 11) is -3.39. The third-order valence-electron chi connectivity index (χ3n) is 3.83. The van der Waals surface area contributed by atoms with Gasteiger partial charge in [-0.15, -0.1) is 0 Å². The summed E-state index contributed by atoms with van der Waals surface area (Å²) in [4.78, 5) is 11.0. The first kappa shape index (κ1) is 26.0. The normalized spacial score (nSPS) is 18.9. The summed E-state index contributed by atoms with van der Waals surface area (Å²) >= 11 is 0. The zero-order valence-electron chi connectivity index (χ0n) is 17.0. The number of β-amino-alcohol motifs (C(OH)–C–C–N with tert-alkyl or cyclic N) is 1. The minimum atomic E-state index is -3.39. The van der Waals surface area contributed by atoms with Crippen molar-refractivity contribution >= 4 is 22.6 Å². The molecule has 0 bridgehead atoms. The number of aliphatic hydroxyl groups excluding tert-OH is 1. The molecular formula is C16H20K2N2O6S. The molecule has 0 spiro atoms. The summed E-state index contributed by atoms with van der Waals surface area (Å²) in [5.41, 5.74) is 1.87. The van der Waals surface area contributed by atoms with Gasteiger partial charge in [0, 0.05) is 0 Å². The zero-order chi connectivity index (χ0) is 18.2. The number of carboxylic acid groups (broad SMARTS) is 1. The average molecular weight is 447 g/mol. The zero-order valence-corrected chi connectivity index (χ0v) is 22.1. The standard InChI is InChI=1S/C16H18N2O6S.2K.2H/c19-14-8-11(6-10-2-1-3-12(7-10)16(21)22)4-5-13(14)18-9-15(20)17-25(18,23)24;;;;/h1-5,7-8,15,17,19-20,23-24H,6,9H2,(H,21,22);;;;/q;2*+1;2*-1. The number of hydrogen-bond donors (Lipinski definition) is 6. The molecule has 1 unspecified atom stereocenters. The van der Waals surface area contributed by atoms with E-state index in [0.29, 0.717) is 6.42 Å². The summed E-state index contributed by atoms with van der Waals surface area (Å²) in [5.74, 6) is -1.17. The van der Waals surface area contributed by atoms with Gasteiger partial charge in [-0.05, 0) is 41.8 Å². The number of benzene rings is 2. The molecule has 2 aromatic rings. The Labute approximate surface area is 246 Å². The SMILES string of the molecule is O=C(O)c1cccc(Cc2ccc(N3CC(O)NS3(O)O)c(O)c2)c1.[H-].[H-].[K+].[K+]. The van der Waals surface area contributed by atoms with Crippen LogP contribution in [0.25, 0.3) is 0 Å². The van der Waals surface area contributed by atoms with Gasteiger partial charge in [0.05, 0.1) is 12.1 Å². The second-order valence-corrected chi connectivity index (χ2v) is 7.43. The Hall–Kier alpha value is 0.973. The van der Waals surface area contributed by atoms with E-state index in [1.807, 2.05) is 0 Å². The van der Waals surface area contributed by atoms with Crippen LogP contribution in [0.5, 0.6) is 5.75 Å². The summed E-state index contributed by atoms with van der Waals surface area (Å²) in [6, 6.07) is 11.2. The summed E-state index contributed by atoms with van der Waals surface area (Å²) in [6.45, 7) is -0.0735. The molecule has 1 aliphatic rings. The smallest absolute Gasteiger partial charge is 1.00 e. The number of aromatic carboxylic acids is 1. The van der Waals surface area contributed by atoms with Crippen molar-refractivity contribution < 1.29 is 135 Å². The molecule has 2 aromatic carbocycles. The maximum absolute atomic E-state index is 11.0. The first-order valence-corrected chi connectivity index (χ1v) is 8.92. The number of phenolic OH excluding ortho intramolecular Hbond substituents is 1. The quantitative estimate of drug-likeness (QED) is 0.264. The number of rotatable bonds is 4. The maximum Gasteiger partial charge on any atom is 1.00 e. The van der Waals surface area contributed by atoms with Gasteiger partial charge in [0.2, 0.25) is 0 Å². The summed E-state index contributed by atoms with van der Waals surface area (Å²) in [6.07, 6.45) is -0.700. The summed E-state index contributed by atoms with van der Waals surface area (Å²) in [5, 5.41) is 28.8. The molecule has 1 fully saturated rings. The van der Waals surface area contributed by atoms with Crippen LogP contribution in [0.3, 0.4) is 0 Å². The molecule has 1 heterocycles. The molecule has 0 radical (unpaired) electrons. The fraction of sp³-hybridized carbons (Fsp3) is 0.188. The van der Waals surface area contributed by atoms with Gasteiger partial charge < -0.3 is 18.2 Å². The van der Waals surface area contributed by atoms with Crippen LogP contribution in [0, 0.1) is 0 Å². The number of nitrogens with one attached hydrogen (secondary N) is 1. The molecule has 11 heteroatoms. The number of anilines is 1. The number of aliphatic hydroxyl groups is 1. The second kappa shape index (κ2) is 10.8. The van der Waals surface area contributed by atoms with Crippen LogP contribution in [0.2, 0.25) is 0 Å². The van der Waals surface area contributed by atoms with Crippen LogP contribution >= 0.6 is 11.0 Å². The molecule has 0 amide bonds. The molecule has 1 aliphatic heterocycles. The van der Waals surface area contributed by atoms with Gasteiger partial charge in [-0.1, -0.05) is 29.2 Å². The van der Waals surface area contributed by atoms with Crippen LogP contribution in [0.15, 0.2) is 42.5 Å². The van der Waals surface area contributed by atoms with E-state index in [1.54, 1.807) is 24.3 Å². The Balaban J connectivity index is 0. The van der Waals surface area contributed by atoms with Crippen LogP contribution in [-0.2, 0) is 6.42 Å². The summed E-state index contributed by atoms with van der Waals surface area (Å²) < 4.78 is 23.2. The Morgan fingerprint density at radius 3 is 2.41 bits per heavy atom. The molecule has 0 aliphatic carbocycles. The van der Waals surface area contributed by atoms with Crippen molar-refractivity contribution in [3.05, 3.63) is 59.2 Å². The fourth-order valence-corrected chi connectivity index (χ4v) is 4.06. The molecule has 6 N–H and O–H groups in total. The van der Waals surface area contributed by atoms with Crippen molar-refractivity contribution in [1.82, 2.24) is 4.72 Å². The molecule has 8 nitrogen and oxygen atoms in total. The second-order valence-electron chi connectivity index (χ2n) is 5.72. The third kappa shape index (κ3) is 6.47. The molecule has 1 saturated heterocycles. The predicted octanol–water partition coefficient (Wildman–Crippen LogP) is -3.78. The van der Waals surface area contributed by atoms with Gasteiger partial charge in [-0.3, -0.25) is 13.4 Å². The number of phenols is 1. The van der Waals surface area contributed by atoms with Crippen molar-refractivity contribution in [2.24, 2.45) is 0 Å². The van der Waals surface area contributed by atoms with E-state index in [-0.39, 0.29) is 129 Å². The maximum atomic E-state index is 11.0. The van der Waals surface area contributed by atoms with E-state index < -0.39 is 23.2 Å². The molecular weight excluding hydrogens is 426 g/mol. The number of aromatic hydroxyl groups is 1. The van der Waals surface area contributed by atoms with E-state index >= 15 is 0 Å². The molecule has 0 saturated carbocycles. The van der Waals surface area contributed by atoms with Crippen molar-refractivity contribution in [1.29, 1.82) is 0 Å². The van der Waals surface area contributed by atoms with Gasteiger partial charge in [-0.25, -0.2) is 4.79 Å². The monoisotopic (exact) mass is 446 g/mol. The van der Waals surface area contributed by atoms with E-state index in [1.165, 1.54) is 18.2 Å². The van der Waals surface area contributed by atoms with Crippen LogP contribution < -0.4 is 112 Å². The molecule has 138 valence electrons. The van der Waals surface area contributed by atoms with Crippen molar-refractivity contribution in [3.63, 3.8) is 0 Å². The average Bonchev–Trinajstić information content (AvgIpc) is 2.80. The largest absolute Gasteiger partial charge is 1.00 e. The molecule has 0 aromatic heterocycles. The van der Waals surface area contributed by atoms with E-state index in [9.17, 15) is 24.1 Å². The Kier molecular flexibility index (Phi) is 10.4. The van der Waals surface area contributed by atoms with E-state index in [0.717, 1.165) is 15.4 Å². The molecule has 1 atom stereocenters. The fourth-order valence-electron chi connectivity index (χ4n) is 2.72. The van der Waals surface area contributed by atoms with Crippen LogP contribution in [0.1, 0.15) is 24.3 Å². The van der Waals surface area contributed by atoms with Gasteiger partial charge in [0.15, 0.2) is 0 Å². The Morgan fingerprint density at radius 1 is 1.19 bits per heavy atom. The topological polar surface area (TPSA) is 133 Å². The first-order valence-electron chi connectivity index (χ1n) is 7.41. The molecule has 27 heavy (non-hydrogen) atoms. The minimum Gasteiger partial charge on any atom is -1.00 e. The van der Waals surface area contributed by atoms with Crippen molar-refractivity contribution in [3.8, 4) is 5.75 Å². The minimum absolute atomic E-state index is 0. The number of hydrogen-bond acceptors (Lipinski definition) is 7. The van der Waals surface area contributed by atoms with Crippen molar-refractivity contribution in [2.45, 2.75) is 12.6 Å². The van der Waals surface area contributed by atoms with Gasteiger partial charge >= 0.3 is 109 Å². The van der Waals surface area contributed by atoms with E-state index in [2.05, 4.69) is 4.72 Å². The Morgan fingerprint density at radius 2 is 1.85 bits per heavy atom. The number of carboxylic acids is 1. The Bertz CT molecular complexity index is 834. The van der Waals surface area contributed by atoms with Crippen LogP contribution in [0.4, 0.5) is 5.69 Å². The number of carbonyl (C=O) groups is 1. The van der Waals surface area contributed by atoms with Gasteiger partial charge in [0.1, 0.15) is 17.7 Å². The van der Waals surface area contributed by atoms with Crippen LogP contribution in [-0.4, -0.2) is 43.2 Å².